The SMILES string of the molecule is COC(=O)C(=NOCF)c1ccccc1CCl. The molecule has 17 heavy (non-hydrogen) atoms. The Labute approximate surface area is 103 Å². The standard InChI is InChI=1S/C11H11ClFNO3/c1-16-11(15)10(14-17-7-13)9-5-3-2-4-8(9)6-12/h2-5H,6-7H2,1H3. The summed E-state index contributed by atoms with van der Waals surface area (Å²) in [6, 6.07) is 6.84. The van der Waals surface area contributed by atoms with E-state index in [-0.39, 0.29) is 11.6 Å². The number of carbonyl (C=O) groups is 1. The summed E-state index contributed by atoms with van der Waals surface area (Å²) in [5.41, 5.74) is 1.03. The van der Waals surface area contributed by atoms with Crippen molar-refractivity contribution in [3.8, 4) is 0 Å². The van der Waals surface area contributed by atoms with E-state index in [1.54, 1.807) is 24.3 Å². The maximum Gasteiger partial charge on any atom is 0.360 e. The fourth-order valence-electron chi connectivity index (χ4n) is 1.25. The fourth-order valence-corrected chi connectivity index (χ4v) is 1.48. The number of rotatable bonds is 5. The molecule has 4 nitrogen and oxygen atoms in total. The predicted octanol–water partition coefficient (Wildman–Crippen LogP) is 2.25. The molecule has 0 saturated heterocycles. The lowest BCUT2D eigenvalue weighted by Gasteiger charge is -2.07. The Balaban J connectivity index is 3.17. The van der Waals surface area contributed by atoms with Crippen molar-refractivity contribution in [3.63, 3.8) is 0 Å². The molecule has 0 aliphatic heterocycles. The molecule has 0 aliphatic rings. The van der Waals surface area contributed by atoms with Crippen LogP contribution in [0.3, 0.4) is 0 Å². The van der Waals surface area contributed by atoms with Crippen molar-refractivity contribution < 1.29 is 18.8 Å². The van der Waals surface area contributed by atoms with Gasteiger partial charge in [0.25, 0.3) is 6.86 Å². The van der Waals surface area contributed by atoms with Crippen molar-refractivity contribution in [2.24, 2.45) is 5.16 Å². The van der Waals surface area contributed by atoms with Gasteiger partial charge in [-0.05, 0) is 5.56 Å². The zero-order chi connectivity index (χ0) is 12.7. The predicted molar refractivity (Wildman–Crippen MR) is 61.6 cm³/mol. The van der Waals surface area contributed by atoms with Crippen molar-refractivity contribution in [2.45, 2.75) is 5.88 Å². The third-order valence-corrected chi connectivity index (χ3v) is 2.29. The molecule has 0 N–H and O–H groups in total. The first-order valence-electron chi connectivity index (χ1n) is 4.73. The molecule has 1 aromatic carbocycles. The molecule has 0 aromatic heterocycles. The summed E-state index contributed by atoms with van der Waals surface area (Å²) in [6.45, 7) is -1.12. The largest absolute Gasteiger partial charge is 0.464 e. The molecule has 0 heterocycles. The number of alkyl halides is 2. The first-order chi connectivity index (χ1) is 8.24. The van der Waals surface area contributed by atoms with E-state index in [1.165, 1.54) is 7.11 Å². The summed E-state index contributed by atoms with van der Waals surface area (Å²) >= 11 is 5.74. The maximum atomic E-state index is 11.9. The van der Waals surface area contributed by atoms with Crippen molar-refractivity contribution in [1.29, 1.82) is 0 Å². The lowest BCUT2D eigenvalue weighted by Crippen LogP contribution is -2.19. The molecule has 0 aliphatic carbocycles. The van der Waals surface area contributed by atoms with Crippen LogP contribution in [0.4, 0.5) is 4.39 Å². The van der Waals surface area contributed by atoms with Gasteiger partial charge in [0.1, 0.15) is 0 Å². The van der Waals surface area contributed by atoms with Crippen molar-refractivity contribution in [3.05, 3.63) is 35.4 Å². The van der Waals surface area contributed by atoms with E-state index in [2.05, 4.69) is 14.7 Å². The van der Waals surface area contributed by atoms with Gasteiger partial charge in [0.2, 0.25) is 0 Å². The Bertz CT molecular complexity index is 423. The van der Waals surface area contributed by atoms with Crippen molar-refractivity contribution >= 4 is 23.3 Å². The minimum atomic E-state index is -1.12. The fraction of sp³-hybridized carbons (Fsp3) is 0.273. The van der Waals surface area contributed by atoms with E-state index < -0.39 is 12.8 Å². The monoisotopic (exact) mass is 259 g/mol. The molecular formula is C11H11ClFNO3. The number of ether oxygens (including phenoxy) is 1. The molecule has 0 saturated carbocycles. The zero-order valence-electron chi connectivity index (χ0n) is 9.15. The number of halogens is 2. The van der Waals surface area contributed by atoms with Crippen LogP contribution in [0.15, 0.2) is 29.4 Å². The topological polar surface area (TPSA) is 47.9 Å². The molecule has 1 aromatic rings. The maximum absolute atomic E-state index is 11.9. The summed E-state index contributed by atoms with van der Waals surface area (Å²) in [6.07, 6.45) is 0. The first kappa shape index (κ1) is 13.4. The van der Waals surface area contributed by atoms with Crippen LogP contribution in [-0.2, 0) is 20.2 Å². The highest BCUT2D eigenvalue weighted by Gasteiger charge is 2.18. The van der Waals surface area contributed by atoms with E-state index in [1.807, 2.05) is 0 Å². The molecular weight excluding hydrogens is 249 g/mol. The number of carbonyl (C=O) groups excluding carboxylic acids is 1. The van der Waals surface area contributed by atoms with Crippen LogP contribution in [0.25, 0.3) is 0 Å². The average Bonchev–Trinajstić information content (AvgIpc) is 2.39. The summed E-state index contributed by atoms with van der Waals surface area (Å²) in [5, 5.41) is 3.40. The normalized spacial score (nSPS) is 11.1. The second kappa shape index (κ2) is 6.85. The number of methoxy groups -OCH3 is 1. The van der Waals surface area contributed by atoms with Gasteiger partial charge in [0.15, 0.2) is 5.71 Å². The Morgan fingerprint density at radius 2 is 2.18 bits per heavy atom. The van der Waals surface area contributed by atoms with Crippen molar-refractivity contribution in [1.82, 2.24) is 0 Å². The minimum Gasteiger partial charge on any atom is -0.464 e. The van der Waals surface area contributed by atoms with Crippen LogP contribution in [0.5, 0.6) is 0 Å². The van der Waals surface area contributed by atoms with E-state index in [4.69, 9.17) is 11.6 Å². The van der Waals surface area contributed by atoms with E-state index >= 15 is 0 Å². The van der Waals surface area contributed by atoms with Gasteiger partial charge in [-0.1, -0.05) is 29.4 Å². The summed E-state index contributed by atoms with van der Waals surface area (Å²) in [4.78, 5) is 15.7. The van der Waals surface area contributed by atoms with Gasteiger partial charge in [-0.3, -0.25) is 0 Å². The molecule has 0 unspecified atom stereocenters. The van der Waals surface area contributed by atoms with Gasteiger partial charge < -0.3 is 9.57 Å². The second-order valence-corrected chi connectivity index (χ2v) is 3.23. The van der Waals surface area contributed by atoms with E-state index in [0.717, 1.165) is 0 Å². The van der Waals surface area contributed by atoms with Crippen LogP contribution in [0, 0.1) is 0 Å². The van der Waals surface area contributed by atoms with Crippen LogP contribution < -0.4 is 0 Å². The highest BCUT2D eigenvalue weighted by Crippen LogP contribution is 2.13. The minimum absolute atomic E-state index is 0.110. The van der Waals surface area contributed by atoms with Gasteiger partial charge in [-0.25, -0.2) is 9.18 Å². The second-order valence-electron chi connectivity index (χ2n) is 2.96. The Hall–Kier alpha value is -1.62. The summed E-state index contributed by atoms with van der Waals surface area (Å²) < 4.78 is 16.5. The number of benzene rings is 1. The summed E-state index contributed by atoms with van der Waals surface area (Å²) in [7, 11) is 1.20. The Morgan fingerprint density at radius 1 is 1.47 bits per heavy atom. The number of nitrogens with zero attached hydrogens (tertiary/aromatic N) is 1. The van der Waals surface area contributed by atoms with Gasteiger partial charge in [0.05, 0.1) is 7.11 Å². The van der Waals surface area contributed by atoms with Crippen molar-refractivity contribution in [2.75, 3.05) is 14.0 Å². The lowest BCUT2D eigenvalue weighted by molar-refractivity contribution is -0.132. The lowest BCUT2D eigenvalue weighted by atomic mass is 10.0. The smallest absolute Gasteiger partial charge is 0.360 e. The van der Waals surface area contributed by atoms with E-state index in [0.29, 0.717) is 11.1 Å². The van der Waals surface area contributed by atoms with E-state index in [9.17, 15) is 9.18 Å². The summed E-state index contributed by atoms with van der Waals surface area (Å²) in [5.74, 6) is -0.516. The van der Waals surface area contributed by atoms with Gasteiger partial charge in [0, 0.05) is 11.4 Å². The molecule has 1 rings (SSSR count). The van der Waals surface area contributed by atoms with Crippen LogP contribution in [0.2, 0.25) is 0 Å². The highest BCUT2D eigenvalue weighted by molar-refractivity contribution is 6.43. The van der Waals surface area contributed by atoms with Gasteiger partial charge >= 0.3 is 5.97 Å². The zero-order valence-corrected chi connectivity index (χ0v) is 9.91. The molecule has 92 valence electrons. The highest BCUT2D eigenvalue weighted by atomic mass is 35.5. The van der Waals surface area contributed by atoms with Crippen LogP contribution >= 0.6 is 11.6 Å². The quantitative estimate of drug-likeness (QED) is 0.353. The Kier molecular flexibility index (Phi) is 5.42. The third kappa shape index (κ3) is 3.42. The molecule has 0 bridgehead atoms. The molecule has 0 spiro atoms. The molecule has 0 atom stereocenters. The first-order valence-corrected chi connectivity index (χ1v) is 5.26. The average molecular weight is 260 g/mol. The van der Waals surface area contributed by atoms with Gasteiger partial charge in [-0.15, -0.1) is 11.6 Å². The Morgan fingerprint density at radius 3 is 2.76 bits per heavy atom. The number of oxime groups is 1. The molecule has 0 radical (unpaired) electrons. The number of esters is 1. The van der Waals surface area contributed by atoms with Crippen LogP contribution in [-0.4, -0.2) is 25.7 Å². The number of hydrogen-bond acceptors (Lipinski definition) is 4. The number of hydrogen-bond donors (Lipinski definition) is 0. The van der Waals surface area contributed by atoms with Gasteiger partial charge in [-0.2, -0.15) is 0 Å². The third-order valence-electron chi connectivity index (χ3n) is 2.00. The molecule has 0 amide bonds. The van der Waals surface area contributed by atoms with Crippen LogP contribution in [0.1, 0.15) is 11.1 Å². The molecule has 0 fully saturated rings. The molecule has 6 heteroatoms.